The Kier molecular flexibility index (Phi) is 1.94. The molecule has 0 saturated heterocycles. The smallest absolute Gasteiger partial charge is 0.421 e. The van der Waals surface area contributed by atoms with Crippen molar-refractivity contribution in [2.45, 2.75) is 0 Å². The van der Waals surface area contributed by atoms with E-state index in [-0.39, 0.29) is 11.6 Å². The minimum atomic E-state index is -0.0110. The van der Waals surface area contributed by atoms with Crippen molar-refractivity contribution in [1.82, 2.24) is 9.97 Å². The molecule has 0 aromatic carbocycles. The molecule has 0 aliphatic rings. The summed E-state index contributed by atoms with van der Waals surface area (Å²) in [5, 5.41) is 22.5. The van der Waals surface area contributed by atoms with Gasteiger partial charge in [-0.3, -0.25) is 0 Å². The molecule has 0 radical (unpaired) electrons. The molecule has 0 unspecified atom stereocenters. The van der Waals surface area contributed by atoms with Crippen molar-refractivity contribution in [2.75, 3.05) is 0 Å². The zero-order valence-corrected chi connectivity index (χ0v) is 7.07. The minimum Gasteiger partial charge on any atom is -0.710 e. The van der Waals surface area contributed by atoms with Gasteiger partial charge in [-0.2, -0.15) is 0 Å². The molecular weight excluding hydrogens is 184 g/mol. The Morgan fingerprint density at radius 2 is 1.29 bits per heavy atom. The quantitative estimate of drug-likeness (QED) is 0.444. The summed E-state index contributed by atoms with van der Waals surface area (Å²) in [5.74, 6) is -0.0220. The highest BCUT2D eigenvalue weighted by Crippen LogP contribution is 2.00. The Morgan fingerprint density at radius 3 is 1.64 bits per heavy atom. The van der Waals surface area contributed by atoms with Crippen molar-refractivity contribution in [2.24, 2.45) is 0 Å². The molecule has 2 aromatic rings. The van der Waals surface area contributed by atoms with Gasteiger partial charge in [0.15, 0.2) is 0 Å². The second-order valence-corrected chi connectivity index (χ2v) is 2.54. The zero-order valence-electron chi connectivity index (χ0n) is 7.07. The van der Waals surface area contributed by atoms with E-state index < -0.39 is 0 Å². The lowest BCUT2D eigenvalue weighted by molar-refractivity contribution is -0.629. The second kappa shape index (κ2) is 3.25. The Morgan fingerprint density at radius 1 is 0.857 bits per heavy atom. The fraction of sp³-hybridized carbons (Fsp3) is 0. The fourth-order valence-electron chi connectivity index (χ4n) is 1.03. The van der Waals surface area contributed by atoms with Crippen LogP contribution in [0.25, 0.3) is 11.6 Å². The van der Waals surface area contributed by atoms with Crippen molar-refractivity contribution < 1.29 is 9.46 Å². The van der Waals surface area contributed by atoms with Crippen molar-refractivity contribution in [1.29, 1.82) is 0 Å². The Balaban J connectivity index is 2.61. The fourth-order valence-corrected chi connectivity index (χ4v) is 1.03. The average Bonchev–Trinajstić information content (AvgIpc) is 2.20. The summed E-state index contributed by atoms with van der Waals surface area (Å²) >= 11 is 0. The number of rotatable bonds is 1. The van der Waals surface area contributed by atoms with Crippen molar-refractivity contribution >= 4 is 0 Å². The van der Waals surface area contributed by atoms with Crippen LogP contribution in [0.1, 0.15) is 0 Å². The summed E-state index contributed by atoms with van der Waals surface area (Å²) in [4.78, 5) is 7.55. The number of hydrogen-bond donors (Lipinski definition) is 0. The van der Waals surface area contributed by atoms with Crippen LogP contribution in [0.15, 0.2) is 36.9 Å². The highest BCUT2D eigenvalue weighted by molar-refractivity contribution is 5.32. The van der Waals surface area contributed by atoms with E-state index in [1.807, 2.05) is 0 Å². The molecule has 0 saturated carbocycles. The first kappa shape index (κ1) is 8.36. The molecule has 70 valence electrons. The van der Waals surface area contributed by atoms with E-state index in [1.165, 1.54) is 36.9 Å². The Bertz CT molecular complexity index is 417. The maximum absolute atomic E-state index is 11.2. The van der Waals surface area contributed by atoms with Crippen LogP contribution in [0.3, 0.4) is 0 Å². The summed E-state index contributed by atoms with van der Waals surface area (Å²) in [5.41, 5.74) is 0. The topological polar surface area (TPSA) is 79.7 Å². The minimum absolute atomic E-state index is 0.0110. The van der Waals surface area contributed by atoms with Gasteiger partial charge in [0.25, 0.3) is 0 Å². The van der Waals surface area contributed by atoms with Gasteiger partial charge in [0.2, 0.25) is 0 Å². The van der Waals surface area contributed by atoms with E-state index in [1.54, 1.807) is 0 Å². The van der Waals surface area contributed by atoms with Crippen molar-refractivity contribution in [3.05, 3.63) is 47.3 Å². The maximum atomic E-state index is 11.2. The van der Waals surface area contributed by atoms with Gasteiger partial charge in [0.05, 0.1) is 12.4 Å². The Labute approximate surface area is 79.3 Å². The molecule has 0 aliphatic carbocycles. The van der Waals surface area contributed by atoms with E-state index >= 15 is 0 Å². The predicted molar refractivity (Wildman–Crippen MR) is 45.4 cm³/mol. The third-order valence-corrected chi connectivity index (χ3v) is 1.63. The van der Waals surface area contributed by atoms with E-state index in [0.717, 1.165) is 0 Å². The van der Waals surface area contributed by atoms with Crippen LogP contribution in [0.4, 0.5) is 0 Å². The lowest BCUT2D eigenvalue weighted by Crippen LogP contribution is -2.38. The molecule has 0 amide bonds. The van der Waals surface area contributed by atoms with E-state index in [2.05, 4.69) is 9.97 Å². The lowest BCUT2D eigenvalue weighted by atomic mass is 10.5. The van der Waals surface area contributed by atoms with E-state index in [0.29, 0.717) is 9.46 Å². The molecule has 2 aromatic heterocycles. The normalized spacial score (nSPS) is 10.0. The van der Waals surface area contributed by atoms with Gasteiger partial charge in [-0.25, -0.2) is 9.46 Å². The van der Waals surface area contributed by atoms with Gasteiger partial charge in [-0.05, 0) is 9.97 Å². The van der Waals surface area contributed by atoms with Crippen LogP contribution in [-0.2, 0) is 0 Å². The van der Waals surface area contributed by atoms with Crippen molar-refractivity contribution in [3.8, 4) is 11.6 Å². The molecule has 2 heterocycles. The number of nitrogens with zero attached hydrogens (tertiary/aromatic N) is 4. The van der Waals surface area contributed by atoms with Crippen LogP contribution in [-0.4, -0.2) is 9.97 Å². The van der Waals surface area contributed by atoms with Crippen molar-refractivity contribution in [3.63, 3.8) is 0 Å². The average molecular weight is 190 g/mol. The highest BCUT2D eigenvalue weighted by Gasteiger charge is 2.21. The molecule has 0 N–H and O–H groups in total. The summed E-state index contributed by atoms with van der Waals surface area (Å²) in [6.45, 7) is 0. The van der Waals surface area contributed by atoms with E-state index in [4.69, 9.17) is 0 Å². The first-order valence-electron chi connectivity index (χ1n) is 3.88. The molecule has 6 nitrogen and oxygen atoms in total. The summed E-state index contributed by atoms with van der Waals surface area (Å²) < 4.78 is 0.994. The summed E-state index contributed by atoms with van der Waals surface area (Å²) in [6, 6.07) is 2.96. The molecule has 0 fully saturated rings. The summed E-state index contributed by atoms with van der Waals surface area (Å²) in [7, 11) is 0. The van der Waals surface area contributed by atoms with Crippen LogP contribution in [0, 0.1) is 10.4 Å². The molecule has 14 heavy (non-hydrogen) atoms. The molecule has 6 heteroatoms. The largest absolute Gasteiger partial charge is 0.710 e. The Hall–Kier alpha value is -2.24. The molecule has 2 rings (SSSR count). The molecule has 0 bridgehead atoms. The zero-order chi connectivity index (χ0) is 9.97. The molecule has 0 aliphatic heterocycles. The lowest BCUT2D eigenvalue weighted by Gasteiger charge is -2.04. The first-order chi connectivity index (χ1) is 6.79. The van der Waals surface area contributed by atoms with Gasteiger partial charge in [0.1, 0.15) is 12.4 Å². The highest BCUT2D eigenvalue weighted by atomic mass is 16.5. The van der Waals surface area contributed by atoms with Crippen LogP contribution in [0.2, 0.25) is 0 Å². The standard InChI is InChI=1S/C8H6N4O2/c13-11-5-1-3-9-7(11)8-10-4-2-6-12(8)14/h1-6H. The van der Waals surface area contributed by atoms with Gasteiger partial charge < -0.3 is 10.4 Å². The van der Waals surface area contributed by atoms with E-state index in [9.17, 15) is 10.4 Å². The van der Waals surface area contributed by atoms with Gasteiger partial charge in [-0.1, -0.05) is 0 Å². The summed E-state index contributed by atoms with van der Waals surface area (Å²) in [6.07, 6.45) is 5.38. The molecule has 0 spiro atoms. The van der Waals surface area contributed by atoms with Crippen LogP contribution >= 0.6 is 0 Å². The predicted octanol–water partition coefficient (Wildman–Crippen LogP) is -0.590. The van der Waals surface area contributed by atoms with Gasteiger partial charge in [0, 0.05) is 12.1 Å². The van der Waals surface area contributed by atoms with Crippen LogP contribution < -0.4 is 9.46 Å². The third-order valence-electron chi connectivity index (χ3n) is 1.63. The molecular formula is C8H6N4O2. The monoisotopic (exact) mass is 190 g/mol. The maximum Gasteiger partial charge on any atom is 0.421 e. The molecule has 0 atom stereocenters. The number of aromatic nitrogens is 4. The number of hydrogen-bond acceptors (Lipinski definition) is 4. The third kappa shape index (κ3) is 1.33. The van der Waals surface area contributed by atoms with Gasteiger partial charge >= 0.3 is 11.6 Å². The van der Waals surface area contributed by atoms with Crippen LogP contribution in [0.5, 0.6) is 0 Å². The SMILES string of the molecule is [O-][n+]1cccnc1-c1nccc[n+]1[O-]. The second-order valence-electron chi connectivity index (χ2n) is 2.54. The first-order valence-corrected chi connectivity index (χ1v) is 3.88. The van der Waals surface area contributed by atoms with Gasteiger partial charge in [-0.15, -0.1) is 0 Å².